The van der Waals surface area contributed by atoms with Crippen LogP contribution < -0.4 is 0 Å². The monoisotopic (exact) mass is 267 g/mol. The van der Waals surface area contributed by atoms with E-state index in [9.17, 15) is 13.9 Å². The van der Waals surface area contributed by atoms with E-state index in [0.717, 1.165) is 17.2 Å². The Balaban J connectivity index is 2.01. The summed E-state index contributed by atoms with van der Waals surface area (Å²) in [5.74, 6) is -1.12. The van der Waals surface area contributed by atoms with Gasteiger partial charge < -0.3 is 5.11 Å². The van der Waals surface area contributed by atoms with Gasteiger partial charge in [0.2, 0.25) is 0 Å². The molecule has 2 rings (SSSR count). The molecule has 1 aromatic carbocycles. The summed E-state index contributed by atoms with van der Waals surface area (Å²) in [5, 5.41) is 10.6. The molecule has 0 aliphatic heterocycles. The van der Waals surface area contributed by atoms with Gasteiger partial charge >= 0.3 is 0 Å². The molecule has 1 atom stereocenters. The minimum Gasteiger partial charge on any atom is -0.387 e. The summed E-state index contributed by atoms with van der Waals surface area (Å²) in [5.41, 5.74) is 0.0971. The van der Waals surface area contributed by atoms with Gasteiger partial charge in [0, 0.05) is 23.6 Å². The quantitative estimate of drug-likeness (QED) is 0.864. The lowest BCUT2D eigenvalue weighted by atomic mass is 10.1. The van der Waals surface area contributed by atoms with Crippen LogP contribution in [-0.4, -0.2) is 15.8 Å². The highest BCUT2D eigenvalue weighted by Crippen LogP contribution is 2.25. The maximum Gasteiger partial charge on any atom is 0.131 e. The first-order valence-electron chi connectivity index (χ1n) is 5.33. The highest BCUT2D eigenvalue weighted by molar-refractivity contribution is 7.99. The van der Waals surface area contributed by atoms with Gasteiger partial charge in [-0.2, -0.15) is 0 Å². The van der Waals surface area contributed by atoms with Crippen LogP contribution in [0.1, 0.15) is 11.7 Å². The van der Waals surface area contributed by atoms with Crippen molar-refractivity contribution in [2.24, 2.45) is 0 Å². The molecule has 0 bridgehead atoms. The van der Waals surface area contributed by atoms with Crippen molar-refractivity contribution < 1.29 is 13.9 Å². The molecule has 1 heterocycles. The molecule has 0 saturated carbocycles. The van der Waals surface area contributed by atoms with E-state index < -0.39 is 17.7 Å². The number of hydrogen-bond acceptors (Lipinski definition) is 3. The summed E-state index contributed by atoms with van der Waals surface area (Å²) in [6.07, 6.45) is 0.658. The predicted octanol–water partition coefficient (Wildman–Crippen LogP) is 3.19. The van der Waals surface area contributed by atoms with E-state index in [0.29, 0.717) is 0 Å². The molecule has 5 heteroatoms. The number of hydrogen-bond donors (Lipinski definition) is 1. The van der Waals surface area contributed by atoms with E-state index in [2.05, 4.69) is 4.98 Å². The van der Waals surface area contributed by atoms with Crippen LogP contribution in [-0.2, 0) is 0 Å². The molecule has 18 heavy (non-hydrogen) atoms. The Labute approximate surface area is 108 Å². The lowest BCUT2D eigenvalue weighted by Gasteiger charge is -2.11. The number of aliphatic hydroxyl groups excluding tert-OH is 1. The van der Waals surface area contributed by atoms with Crippen LogP contribution >= 0.6 is 11.8 Å². The zero-order valence-electron chi connectivity index (χ0n) is 9.38. The van der Waals surface area contributed by atoms with Crippen LogP contribution in [0.3, 0.4) is 0 Å². The van der Waals surface area contributed by atoms with Gasteiger partial charge in [-0.05, 0) is 18.2 Å². The smallest absolute Gasteiger partial charge is 0.131 e. The molecule has 94 valence electrons. The van der Waals surface area contributed by atoms with E-state index in [1.165, 1.54) is 17.8 Å². The van der Waals surface area contributed by atoms with Crippen LogP contribution in [0.25, 0.3) is 0 Å². The summed E-state index contributed by atoms with van der Waals surface area (Å²) in [6, 6.07) is 8.59. The minimum atomic E-state index is -0.988. The molecule has 1 aromatic heterocycles. The number of nitrogens with zero attached hydrogens (tertiary/aromatic N) is 1. The standard InChI is InChI=1S/C13H11F2NOS/c14-9-4-5-10(11(15)7-9)12(17)8-18-13-3-1-2-6-16-13/h1-7,12,17H,8H2. The second-order valence-electron chi connectivity index (χ2n) is 3.66. The average Bonchev–Trinajstić information content (AvgIpc) is 2.37. The molecular weight excluding hydrogens is 256 g/mol. The Morgan fingerprint density at radius 2 is 2.06 bits per heavy atom. The highest BCUT2D eigenvalue weighted by Gasteiger charge is 2.14. The molecule has 2 nitrogen and oxygen atoms in total. The van der Waals surface area contributed by atoms with E-state index in [4.69, 9.17) is 0 Å². The first-order chi connectivity index (χ1) is 8.66. The number of aromatic nitrogens is 1. The number of halogens is 2. The third kappa shape index (κ3) is 3.27. The average molecular weight is 267 g/mol. The topological polar surface area (TPSA) is 33.1 Å². The first-order valence-corrected chi connectivity index (χ1v) is 6.32. The van der Waals surface area contributed by atoms with Crippen molar-refractivity contribution in [1.82, 2.24) is 4.98 Å². The van der Waals surface area contributed by atoms with E-state index in [-0.39, 0.29) is 11.3 Å². The SMILES string of the molecule is OC(CSc1ccccn1)c1ccc(F)cc1F. The molecule has 2 aromatic rings. The molecule has 0 amide bonds. The van der Waals surface area contributed by atoms with Crippen LogP contribution in [0, 0.1) is 11.6 Å². The van der Waals surface area contributed by atoms with E-state index in [1.807, 2.05) is 6.07 Å². The first kappa shape index (κ1) is 13.0. The molecule has 0 saturated heterocycles. The Kier molecular flexibility index (Phi) is 4.28. The van der Waals surface area contributed by atoms with Gasteiger partial charge in [-0.1, -0.05) is 12.1 Å². The third-order valence-electron chi connectivity index (χ3n) is 2.35. The molecule has 0 aliphatic rings. The Morgan fingerprint density at radius 3 is 2.72 bits per heavy atom. The summed E-state index contributed by atoms with van der Waals surface area (Å²) >= 11 is 1.31. The molecule has 0 spiro atoms. The number of benzene rings is 1. The summed E-state index contributed by atoms with van der Waals surface area (Å²) in [4.78, 5) is 4.08. The van der Waals surface area contributed by atoms with Gasteiger partial charge in [0.25, 0.3) is 0 Å². The summed E-state index contributed by atoms with van der Waals surface area (Å²) in [6.45, 7) is 0. The van der Waals surface area contributed by atoms with Gasteiger partial charge in [-0.3, -0.25) is 0 Å². The maximum absolute atomic E-state index is 13.4. The van der Waals surface area contributed by atoms with Gasteiger partial charge in [0.05, 0.1) is 11.1 Å². The van der Waals surface area contributed by atoms with Crippen molar-refractivity contribution in [2.45, 2.75) is 11.1 Å². The highest BCUT2D eigenvalue weighted by atomic mass is 32.2. The number of aliphatic hydroxyl groups is 1. The second kappa shape index (κ2) is 5.93. The van der Waals surface area contributed by atoms with Gasteiger partial charge in [-0.15, -0.1) is 11.8 Å². The Hall–Kier alpha value is -1.46. The maximum atomic E-state index is 13.4. The molecular formula is C13H11F2NOS. The number of pyridine rings is 1. The second-order valence-corrected chi connectivity index (χ2v) is 4.70. The van der Waals surface area contributed by atoms with Gasteiger partial charge in [0.15, 0.2) is 0 Å². The fourth-order valence-corrected chi connectivity index (χ4v) is 2.28. The third-order valence-corrected chi connectivity index (χ3v) is 3.37. The zero-order valence-corrected chi connectivity index (χ0v) is 10.2. The molecule has 0 aliphatic carbocycles. The lowest BCUT2D eigenvalue weighted by molar-refractivity contribution is 0.198. The largest absolute Gasteiger partial charge is 0.387 e. The van der Waals surface area contributed by atoms with Crippen LogP contribution in [0.4, 0.5) is 8.78 Å². The molecule has 0 fully saturated rings. The van der Waals surface area contributed by atoms with Crippen molar-refractivity contribution in [3.8, 4) is 0 Å². The normalized spacial score (nSPS) is 12.4. The fourth-order valence-electron chi connectivity index (χ4n) is 1.46. The lowest BCUT2D eigenvalue weighted by Crippen LogP contribution is -2.04. The number of rotatable bonds is 4. The molecule has 1 N–H and O–H groups in total. The van der Waals surface area contributed by atoms with Gasteiger partial charge in [0.1, 0.15) is 11.6 Å². The van der Waals surface area contributed by atoms with Crippen molar-refractivity contribution in [1.29, 1.82) is 0 Å². The van der Waals surface area contributed by atoms with Crippen LogP contribution in [0.2, 0.25) is 0 Å². The molecule has 1 unspecified atom stereocenters. The van der Waals surface area contributed by atoms with Crippen molar-refractivity contribution in [3.63, 3.8) is 0 Å². The summed E-state index contributed by atoms with van der Waals surface area (Å²) < 4.78 is 26.1. The van der Waals surface area contributed by atoms with Crippen LogP contribution in [0.15, 0.2) is 47.6 Å². The van der Waals surface area contributed by atoms with Gasteiger partial charge in [-0.25, -0.2) is 13.8 Å². The van der Waals surface area contributed by atoms with E-state index >= 15 is 0 Å². The van der Waals surface area contributed by atoms with Crippen LogP contribution in [0.5, 0.6) is 0 Å². The van der Waals surface area contributed by atoms with E-state index in [1.54, 1.807) is 18.3 Å². The summed E-state index contributed by atoms with van der Waals surface area (Å²) in [7, 11) is 0. The predicted molar refractivity (Wildman–Crippen MR) is 66.3 cm³/mol. The molecule has 0 radical (unpaired) electrons. The Bertz CT molecular complexity index is 522. The Morgan fingerprint density at radius 1 is 1.22 bits per heavy atom. The minimum absolute atomic E-state index is 0.0971. The van der Waals surface area contributed by atoms with Crippen molar-refractivity contribution in [2.75, 3.05) is 5.75 Å². The number of thioether (sulfide) groups is 1. The van der Waals surface area contributed by atoms with Crippen molar-refractivity contribution >= 4 is 11.8 Å². The fraction of sp³-hybridized carbons (Fsp3) is 0.154. The zero-order chi connectivity index (χ0) is 13.0. The van der Waals surface area contributed by atoms with Crippen molar-refractivity contribution in [3.05, 3.63) is 59.8 Å².